The molecule has 0 saturated carbocycles. The Morgan fingerprint density at radius 1 is 1.06 bits per heavy atom. The summed E-state index contributed by atoms with van der Waals surface area (Å²) in [5.74, 6) is 3.27. The van der Waals surface area contributed by atoms with Crippen LogP contribution in [0.2, 0.25) is 0 Å². The number of rotatable bonds is 7. The van der Waals surface area contributed by atoms with Crippen LogP contribution in [-0.4, -0.2) is 50.4 Å². The lowest BCUT2D eigenvalue weighted by Crippen LogP contribution is -2.40. The van der Waals surface area contributed by atoms with Crippen LogP contribution in [0.25, 0.3) is 0 Å². The molecular formula is C26H28BrNO5. The number of Topliss-reactive ketones (excluding diaryl/α,β-unsaturated/α-hetero) is 2. The highest BCUT2D eigenvalue weighted by Gasteiger charge is 2.43. The van der Waals surface area contributed by atoms with Crippen molar-refractivity contribution in [2.24, 2.45) is 0 Å². The Labute approximate surface area is 203 Å². The minimum Gasteiger partial charge on any atom is -0.493 e. The lowest BCUT2D eigenvalue weighted by Gasteiger charge is -2.44. The van der Waals surface area contributed by atoms with Gasteiger partial charge in [0.25, 0.3) is 0 Å². The van der Waals surface area contributed by atoms with Crippen molar-refractivity contribution in [3.05, 3.63) is 44.7 Å². The maximum absolute atomic E-state index is 13.3. The maximum atomic E-state index is 13.3. The van der Waals surface area contributed by atoms with Crippen molar-refractivity contribution in [1.29, 1.82) is 0 Å². The number of terminal acetylenes is 1. The molecule has 0 unspecified atom stereocenters. The van der Waals surface area contributed by atoms with Gasteiger partial charge in [0.1, 0.15) is 6.61 Å². The smallest absolute Gasteiger partial charge is 0.176 e. The van der Waals surface area contributed by atoms with Gasteiger partial charge < -0.3 is 19.1 Å². The molecule has 0 N–H and O–H groups in total. The van der Waals surface area contributed by atoms with Crippen molar-refractivity contribution in [2.45, 2.75) is 44.4 Å². The number of ketones is 2. The highest BCUT2D eigenvalue weighted by molar-refractivity contribution is 9.10. The summed E-state index contributed by atoms with van der Waals surface area (Å²) < 4.78 is 17.3. The van der Waals surface area contributed by atoms with Crippen LogP contribution in [0.3, 0.4) is 0 Å². The highest BCUT2D eigenvalue weighted by atomic mass is 79.9. The Kier molecular flexibility index (Phi) is 7.26. The summed E-state index contributed by atoms with van der Waals surface area (Å²) in [7, 11) is 3.23. The number of halogens is 1. The van der Waals surface area contributed by atoms with Crippen LogP contribution >= 0.6 is 15.9 Å². The summed E-state index contributed by atoms with van der Waals surface area (Å²) in [6.07, 6.45) is 9.60. The fourth-order valence-electron chi connectivity index (χ4n) is 5.16. The average molecular weight is 514 g/mol. The Morgan fingerprint density at radius 2 is 1.70 bits per heavy atom. The zero-order valence-electron chi connectivity index (χ0n) is 19.0. The van der Waals surface area contributed by atoms with Crippen LogP contribution in [0.5, 0.6) is 11.5 Å². The molecule has 7 heteroatoms. The third-order valence-electron chi connectivity index (χ3n) is 6.49. The van der Waals surface area contributed by atoms with Crippen molar-refractivity contribution < 1.29 is 23.8 Å². The van der Waals surface area contributed by atoms with Crippen molar-refractivity contribution >= 4 is 27.5 Å². The Bertz CT molecular complexity index is 1040. The van der Waals surface area contributed by atoms with Gasteiger partial charge in [0.05, 0.1) is 18.2 Å². The second-order valence-electron chi connectivity index (χ2n) is 8.38. The van der Waals surface area contributed by atoms with Gasteiger partial charge in [-0.3, -0.25) is 9.59 Å². The number of carbonyl (C=O) groups excluding carboxylic acids is 2. The Balaban J connectivity index is 1.91. The number of benzene rings is 1. The molecule has 174 valence electrons. The molecule has 0 amide bonds. The van der Waals surface area contributed by atoms with Crippen molar-refractivity contribution in [1.82, 2.24) is 4.90 Å². The molecule has 1 aromatic carbocycles. The summed E-state index contributed by atoms with van der Waals surface area (Å²) in [5, 5.41) is 0. The average Bonchev–Trinajstić information content (AvgIpc) is 2.81. The normalized spacial score (nSPS) is 18.8. The van der Waals surface area contributed by atoms with Gasteiger partial charge in [0.2, 0.25) is 0 Å². The lowest BCUT2D eigenvalue weighted by atomic mass is 9.71. The Hall–Kier alpha value is -2.56. The van der Waals surface area contributed by atoms with E-state index in [0.717, 1.165) is 53.8 Å². The first-order valence-electron chi connectivity index (χ1n) is 11.2. The molecule has 0 spiro atoms. The molecule has 3 aliphatic rings. The summed E-state index contributed by atoms with van der Waals surface area (Å²) >= 11 is 3.59. The van der Waals surface area contributed by atoms with E-state index in [1.54, 1.807) is 14.2 Å². The predicted octanol–water partition coefficient (Wildman–Crippen LogP) is 4.53. The van der Waals surface area contributed by atoms with Crippen LogP contribution in [0.4, 0.5) is 0 Å². The van der Waals surface area contributed by atoms with E-state index < -0.39 is 5.92 Å². The second kappa shape index (κ2) is 10.1. The van der Waals surface area contributed by atoms with Crippen LogP contribution in [0, 0.1) is 12.3 Å². The van der Waals surface area contributed by atoms with E-state index in [0.29, 0.717) is 42.0 Å². The number of hydrogen-bond acceptors (Lipinski definition) is 6. The number of nitrogens with zero attached hydrogens (tertiary/aromatic N) is 1. The highest BCUT2D eigenvalue weighted by Crippen LogP contribution is 2.51. The second-order valence-corrected chi connectivity index (χ2v) is 9.23. The topological polar surface area (TPSA) is 65.1 Å². The van der Waals surface area contributed by atoms with E-state index in [1.807, 2.05) is 12.1 Å². The number of hydrogen-bond donors (Lipinski definition) is 0. The van der Waals surface area contributed by atoms with E-state index >= 15 is 0 Å². The first-order valence-corrected chi connectivity index (χ1v) is 12.0. The first kappa shape index (κ1) is 23.6. The molecule has 1 heterocycles. The SMILES string of the molecule is C#CCOc1c(Br)cc(C2C3=C(CCCC3=O)N(CCOC)C3=C2C(=O)CCC3)cc1OC. The van der Waals surface area contributed by atoms with Gasteiger partial charge in [0, 0.05) is 55.0 Å². The van der Waals surface area contributed by atoms with Gasteiger partial charge in [-0.05, 0) is 59.3 Å². The number of ether oxygens (including phenoxy) is 3. The lowest BCUT2D eigenvalue weighted by molar-refractivity contribution is -0.117. The standard InChI is InChI=1S/C26H28BrNO5/c1-4-12-33-26-17(27)14-16(15-22(26)32-3)23-24-18(7-5-9-20(24)29)28(11-13-31-2)19-8-6-10-21(30)25(19)23/h1,14-15,23H,5-13H2,2-3H3. The van der Waals surface area contributed by atoms with Crippen LogP contribution in [0.15, 0.2) is 39.1 Å². The zero-order valence-corrected chi connectivity index (χ0v) is 20.6. The largest absolute Gasteiger partial charge is 0.493 e. The number of methoxy groups -OCH3 is 2. The molecule has 0 radical (unpaired) electrons. The molecule has 0 fully saturated rings. The van der Waals surface area contributed by atoms with E-state index in [1.165, 1.54) is 0 Å². The van der Waals surface area contributed by atoms with Crippen molar-refractivity contribution in [3.63, 3.8) is 0 Å². The molecule has 0 atom stereocenters. The fourth-order valence-corrected chi connectivity index (χ4v) is 5.74. The number of carbonyl (C=O) groups is 2. The summed E-state index contributed by atoms with van der Waals surface area (Å²) in [4.78, 5) is 28.8. The molecule has 1 aromatic rings. The Morgan fingerprint density at radius 3 is 2.24 bits per heavy atom. The molecule has 4 rings (SSSR count). The summed E-state index contributed by atoms with van der Waals surface area (Å²) in [6.45, 7) is 1.27. The van der Waals surface area contributed by atoms with Crippen molar-refractivity contribution in [2.75, 3.05) is 34.0 Å². The molecule has 0 aromatic heterocycles. The summed E-state index contributed by atoms with van der Waals surface area (Å²) in [5.41, 5.74) is 4.37. The molecular weight excluding hydrogens is 486 g/mol. The zero-order chi connectivity index (χ0) is 23.5. The van der Waals surface area contributed by atoms with Crippen LogP contribution in [0.1, 0.15) is 50.0 Å². The van der Waals surface area contributed by atoms with Gasteiger partial charge in [-0.2, -0.15) is 0 Å². The molecule has 1 aliphatic heterocycles. The molecule has 6 nitrogen and oxygen atoms in total. The number of allylic oxidation sites excluding steroid dienone is 4. The van der Waals surface area contributed by atoms with Crippen LogP contribution < -0.4 is 9.47 Å². The monoisotopic (exact) mass is 513 g/mol. The van der Waals surface area contributed by atoms with Crippen molar-refractivity contribution in [3.8, 4) is 23.8 Å². The third kappa shape index (κ3) is 4.34. The summed E-state index contributed by atoms with van der Waals surface area (Å²) in [6, 6.07) is 3.79. The minimum absolute atomic E-state index is 0.105. The first-order chi connectivity index (χ1) is 16.0. The van der Waals surface area contributed by atoms with Gasteiger partial charge in [0.15, 0.2) is 23.1 Å². The molecule has 0 saturated heterocycles. The molecule has 0 bridgehead atoms. The predicted molar refractivity (Wildman–Crippen MR) is 128 cm³/mol. The van der Waals surface area contributed by atoms with E-state index in [4.69, 9.17) is 20.6 Å². The van der Waals surface area contributed by atoms with E-state index in [9.17, 15) is 9.59 Å². The quantitative estimate of drug-likeness (QED) is 0.499. The molecule has 33 heavy (non-hydrogen) atoms. The van der Waals surface area contributed by atoms with Crippen LogP contribution in [-0.2, 0) is 14.3 Å². The van der Waals surface area contributed by atoms with E-state index in [2.05, 4.69) is 26.8 Å². The van der Waals surface area contributed by atoms with Gasteiger partial charge in [-0.1, -0.05) is 5.92 Å². The van der Waals surface area contributed by atoms with Gasteiger partial charge in [-0.25, -0.2) is 0 Å². The molecule has 2 aliphatic carbocycles. The third-order valence-corrected chi connectivity index (χ3v) is 7.08. The maximum Gasteiger partial charge on any atom is 0.176 e. The van der Waals surface area contributed by atoms with Gasteiger partial charge >= 0.3 is 0 Å². The fraction of sp³-hybridized carbons (Fsp3) is 0.462. The van der Waals surface area contributed by atoms with Gasteiger partial charge in [-0.15, -0.1) is 6.42 Å². The van der Waals surface area contributed by atoms with E-state index in [-0.39, 0.29) is 18.2 Å². The minimum atomic E-state index is -0.415.